The Bertz CT molecular complexity index is 884. The van der Waals surface area contributed by atoms with Gasteiger partial charge < -0.3 is 4.74 Å². The Kier molecular flexibility index (Phi) is 5.63. The minimum absolute atomic E-state index is 0.237. The third kappa shape index (κ3) is 3.98. The molecule has 130 valence electrons. The van der Waals surface area contributed by atoms with E-state index < -0.39 is 0 Å². The first kappa shape index (κ1) is 17.8. The molecule has 3 rings (SSSR count). The van der Waals surface area contributed by atoms with Gasteiger partial charge in [0.05, 0.1) is 14.2 Å². The van der Waals surface area contributed by atoms with Gasteiger partial charge in [0, 0.05) is 21.6 Å². The van der Waals surface area contributed by atoms with Crippen LogP contribution in [0.4, 0.5) is 4.39 Å². The van der Waals surface area contributed by atoms with E-state index in [1.165, 1.54) is 19.2 Å². The van der Waals surface area contributed by atoms with Crippen molar-refractivity contribution in [2.24, 2.45) is 0 Å². The summed E-state index contributed by atoms with van der Waals surface area (Å²) in [4.78, 5) is 14.3. The van der Waals surface area contributed by atoms with E-state index in [2.05, 4.69) is 31.9 Å². The van der Waals surface area contributed by atoms with Crippen LogP contribution in [-0.2, 0) is 22.8 Å². The van der Waals surface area contributed by atoms with Gasteiger partial charge in [0.25, 0.3) is 0 Å². The van der Waals surface area contributed by atoms with Crippen molar-refractivity contribution >= 4 is 26.8 Å². The summed E-state index contributed by atoms with van der Waals surface area (Å²) in [5.41, 5.74) is 3.63. The molecule has 0 unspecified atom stereocenters. The fraction of sp³-hybridized carbons (Fsp3) is 0.211. The lowest BCUT2D eigenvalue weighted by Crippen LogP contribution is -1.99. The molecule has 0 N–H and O–H groups in total. The molecule has 0 bridgehead atoms. The summed E-state index contributed by atoms with van der Waals surface area (Å²) in [6.07, 6.45) is 2.48. The van der Waals surface area contributed by atoms with Crippen LogP contribution in [0.2, 0.25) is 0 Å². The molecule has 3 aromatic rings. The molecule has 0 aliphatic carbocycles. The predicted octanol–water partition coefficient (Wildman–Crippen LogP) is 4.81. The molecule has 1 aromatic heterocycles. The van der Waals surface area contributed by atoms with Crippen LogP contribution in [0.1, 0.15) is 16.7 Å². The lowest BCUT2D eigenvalue weighted by Gasteiger charge is -2.13. The smallest absolute Gasteiger partial charge is 0.150 e. The summed E-state index contributed by atoms with van der Waals surface area (Å²) in [6.45, 7) is 0.257. The Morgan fingerprint density at radius 1 is 1.08 bits per heavy atom. The molecule has 0 radical (unpaired) electrons. The van der Waals surface area contributed by atoms with E-state index in [9.17, 15) is 4.39 Å². The number of hydrogen-bond donors (Lipinski definition) is 0. The number of aromatic nitrogens is 1. The van der Waals surface area contributed by atoms with Gasteiger partial charge in [-0.2, -0.15) is 0 Å². The van der Waals surface area contributed by atoms with Gasteiger partial charge in [-0.15, -0.1) is 0 Å². The fourth-order valence-electron chi connectivity index (χ4n) is 2.71. The first-order chi connectivity index (χ1) is 12.1. The van der Waals surface area contributed by atoms with Gasteiger partial charge in [-0.1, -0.05) is 28.1 Å². The molecule has 4 nitrogen and oxygen atoms in total. The maximum atomic E-state index is 13.0. The Morgan fingerprint density at radius 3 is 2.52 bits per heavy atom. The highest BCUT2D eigenvalue weighted by Crippen LogP contribution is 2.35. The van der Waals surface area contributed by atoms with Crippen molar-refractivity contribution in [1.82, 2.24) is 4.98 Å². The number of pyridine rings is 1. The first-order valence-corrected chi connectivity index (χ1v) is 8.45. The van der Waals surface area contributed by atoms with Crippen LogP contribution in [0.25, 0.3) is 10.9 Å². The Labute approximate surface area is 153 Å². The van der Waals surface area contributed by atoms with E-state index in [-0.39, 0.29) is 12.4 Å². The number of ether oxygens (including phenoxy) is 1. The summed E-state index contributed by atoms with van der Waals surface area (Å²) >= 11 is 3.59. The third-order valence-corrected chi connectivity index (χ3v) is 4.52. The molecular formula is C19H17BrFNO3. The highest BCUT2D eigenvalue weighted by Gasteiger charge is 2.14. The Balaban J connectivity index is 1.99. The van der Waals surface area contributed by atoms with Crippen LogP contribution in [0.5, 0.6) is 5.75 Å². The number of benzene rings is 2. The summed E-state index contributed by atoms with van der Waals surface area (Å²) in [6, 6.07) is 10.5. The number of nitrogens with zero attached hydrogens (tertiary/aromatic N) is 1. The van der Waals surface area contributed by atoms with Gasteiger partial charge in [0.2, 0.25) is 0 Å². The standard InChI is InChI=1S/C19H17BrFNO3/c1-23-19-14(11-25-24-2)9-17(20)16-8-13(10-22-18(16)19)7-12-3-5-15(21)6-4-12/h3-6,8-10H,7,11H2,1-2H3. The zero-order valence-corrected chi connectivity index (χ0v) is 15.5. The maximum absolute atomic E-state index is 13.0. The molecule has 0 saturated heterocycles. The van der Waals surface area contributed by atoms with Crippen molar-refractivity contribution in [1.29, 1.82) is 0 Å². The molecular weight excluding hydrogens is 389 g/mol. The molecule has 25 heavy (non-hydrogen) atoms. The third-order valence-electron chi connectivity index (χ3n) is 3.87. The molecule has 2 aromatic carbocycles. The van der Waals surface area contributed by atoms with Crippen molar-refractivity contribution in [2.75, 3.05) is 14.2 Å². The van der Waals surface area contributed by atoms with Crippen molar-refractivity contribution in [2.45, 2.75) is 13.0 Å². The minimum atomic E-state index is -0.237. The molecule has 0 fully saturated rings. The second kappa shape index (κ2) is 7.91. The summed E-state index contributed by atoms with van der Waals surface area (Å²) in [7, 11) is 3.07. The van der Waals surface area contributed by atoms with Crippen LogP contribution >= 0.6 is 15.9 Å². The lowest BCUT2D eigenvalue weighted by molar-refractivity contribution is -0.282. The normalized spacial score (nSPS) is 11.0. The zero-order chi connectivity index (χ0) is 17.8. The summed E-state index contributed by atoms with van der Waals surface area (Å²) < 4.78 is 19.5. The number of fused-ring (bicyclic) bond motifs is 1. The quantitative estimate of drug-likeness (QED) is 0.435. The molecule has 0 spiro atoms. The molecule has 0 amide bonds. The molecule has 0 atom stereocenters. The molecule has 0 aliphatic rings. The van der Waals surface area contributed by atoms with Crippen LogP contribution in [0.3, 0.4) is 0 Å². The number of methoxy groups -OCH3 is 1. The summed E-state index contributed by atoms with van der Waals surface area (Å²) in [5.74, 6) is 0.419. The molecule has 6 heteroatoms. The molecule has 0 aliphatic heterocycles. The highest BCUT2D eigenvalue weighted by atomic mass is 79.9. The van der Waals surface area contributed by atoms with Crippen LogP contribution < -0.4 is 4.74 Å². The van der Waals surface area contributed by atoms with Crippen molar-refractivity contribution < 1.29 is 18.9 Å². The topological polar surface area (TPSA) is 40.6 Å². The van der Waals surface area contributed by atoms with Crippen LogP contribution in [0, 0.1) is 5.82 Å². The van der Waals surface area contributed by atoms with Gasteiger partial charge in [0.1, 0.15) is 17.9 Å². The molecule has 1 heterocycles. The average molecular weight is 406 g/mol. The second-order valence-corrected chi connectivity index (χ2v) is 6.38. The predicted molar refractivity (Wildman–Crippen MR) is 97.0 cm³/mol. The largest absolute Gasteiger partial charge is 0.494 e. The monoisotopic (exact) mass is 405 g/mol. The zero-order valence-electron chi connectivity index (χ0n) is 13.9. The maximum Gasteiger partial charge on any atom is 0.150 e. The van der Waals surface area contributed by atoms with Gasteiger partial charge >= 0.3 is 0 Å². The minimum Gasteiger partial charge on any atom is -0.494 e. The van der Waals surface area contributed by atoms with Gasteiger partial charge in [-0.05, 0) is 41.8 Å². The van der Waals surface area contributed by atoms with E-state index in [4.69, 9.17) is 9.62 Å². The average Bonchev–Trinajstić information content (AvgIpc) is 2.62. The van der Waals surface area contributed by atoms with Crippen molar-refractivity contribution in [3.63, 3.8) is 0 Å². The van der Waals surface area contributed by atoms with E-state index in [0.717, 1.165) is 32.1 Å². The van der Waals surface area contributed by atoms with Crippen LogP contribution in [-0.4, -0.2) is 19.2 Å². The number of hydrogen-bond acceptors (Lipinski definition) is 4. The SMILES string of the molecule is COOCc1cc(Br)c2cc(Cc3ccc(F)cc3)cnc2c1OC. The lowest BCUT2D eigenvalue weighted by atomic mass is 10.0. The van der Waals surface area contributed by atoms with Crippen molar-refractivity contribution in [3.05, 3.63) is 69.6 Å². The van der Waals surface area contributed by atoms with E-state index in [0.29, 0.717) is 12.2 Å². The van der Waals surface area contributed by atoms with Gasteiger partial charge in [-0.25, -0.2) is 14.2 Å². The molecule has 0 saturated carbocycles. The Morgan fingerprint density at radius 2 is 1.84 bits per heavy atom. The van der Waals surface area contributed by atoms with E-state index >= 15 is 0 Å². The fourth-order valence-corrected chi connectivity index (χ4v) is 3.29. The second-order valence-electron chi connectivity index (χ2n) is 5.52. The van der Waals surface area contributed by atoms with Crippen molar-refractivity contribution in [3.8, 4) is 5.75 Å². The number of rotatable bonds is 6. The summed E-state index contributed by atoms with van der Waals surface area (Å²) in [5, 5.41) is 0.942. The first-order valence-electron chi connectivity index (χ1n) is 7.66. The van der Waals surface area contributed by atoms with E-state index in [1.54, 1.807) is 19.2 Å². The number of halogens is 2. The highest BCUT2D eigenvalue weighted by molar-refractivity contribution is 9.10. The van der Waals surface area contributed by atoms with Gasteiger partial charge in [-0.3, -0.25) is 4.98 Å². The van der Waals surface area contributed by atoms with Gasteiger partial charge in [0.15, 0.2) is 5.75 Å². The van der Waals surface area contributed by atoms with E-state index in [1.807, 2.05) is 12.3 Å². The Hall–Kier alpha value is -2.02. The van der Waals surface area contributed by atoms with Crippen LogP contribution in [0.15, 0.2) is 47.1 Å².